The Labute approximate surface area is 184 Å². The number of hydrazine groups is 1. The average molecular weight is 449 g/mol. The van der Waals surface area contributed by atoms with Crippen LogP contribution in [-0.2, 0) is 10.0 Å². The first-order valence-electron chi connectivity index (χ1n) is 9.56. The predicted molar refractivity (Wildman–Crippen MR) is 120 cm³/mol. The van der Waals surface area contributed by atoms with Gasteiger partial charge in [0.2, 0.25) is 0 Å². The fourth-order valence-electron chi connectivity index (χ4n) is 3.20. The molecule has 0 spiro atoms. The number of nitrogens with one attached hydrogen (secondary N) is 3. The zero-order valence-corrected chi connectivity index (χ0v) is 17.8. The van der Waals surface area contributed by atoms with Crippen LogP contribution in [0.4, 0.5) is 5.69 Å². The molecule has 0 aliphatic heterocycles. The van der Waals surface area contributed by atoms with Crippen molar-refractivity contribution in [1.29, 1.82) is 0 Å². The van der Waals surface area contributed by atoms with Gasteiger partial charge >= 0.3 is 0 Å². The van der Waals surface area contributed by atoms with E-state index >= 15 is 0 Å². The molecular weight excluding hydrogens is 430 g/mol. The number of hydrogen-bond acceptors (Lipinski definition) is 6. The molecule has 8 nitrogen and oxygen atoms in total. The van der Waals surface area contributed by atoms with E-state index < -0.39 is 15.9 Å². The van der Waals surface area contributed by atoms with Crippen molar-refractivity contribution in [1.82, 2.24) is 10.9 Å². The van der Waals surface area contributed by atoms with Crippen LogP contribution in [0.1, 0.15) is 26.3 Å². The lowest BCUT2D eigenvalue weighted by atomic mass is 10.1. The van der Waals surface area contributed by atoms with Crippen molar-refractivity contribution in [3.8, 4) is 5.75 Å². The molecule has 0 unspecified atom stereocenters. The highest BCUT2D eigenvalue weighted by Gasteiger charge is 2.21. The molecule has 3 N–H and O–H groups in total. The van der Waals surface area contributed by atoms with E-state index in [9.17, 15) is 18.0 Å². The van der Waals surface area contributed by atoms with Crippen molar-refractivity contribution in [3.05, 3.63) is 95.6 Å². The van der Waals surface area contributed by atoms with Crippen LogP contribution >= 0.6 is 0 Å². The number of ether oxygens (including phenoxy) is 1. The van der Waals surface area contributed by atoms with Crippen molar-refractivity contribution >= 4 is 33.1 Å². The first-order valence-corrected chi connectivity index (χ1v) is 11.0. The Balaban J connectivity index is 1.47. The zero-order valence-electron chi connectivity index (χ0n) is 17.0. The fraction of sp³-hybridized carbons (Fsp3) is 0.0435. The van der Waals surface area contributed by atoms with Crippen molar-refractivity contribution in [2.75, 3.05) is 11.8 Å². The molecule has 0 radical (unpaired) electrons. The first-order chi connectivity index (χ1) is 15.4. The molecule has 0 fully saturated rings. The van der Waals surface area contributed by atoms with Crippen molar-refractivity contribution < 1.29 is 22.7 Å². The summed E-state index contributed by atoms with van der Waals surface area (Å²) < 4.78 is 33.0. The van der Waals surface area contributed by atoms with Crippen LogP contribution in [0, 0.1) is 0 Å². The molecule has 0 aromatic heterocycles. The summed E-state index contributed by atoms with van der Waals surface area (Å²) in [7, 11) is -2.40. The van der Waals surface area contributed by atoms with E-state index in [1.807, 2.05) is 0 Å². The molecule has 1 amide bonds. The number of methoxy groups -OCH3 is 1. The topological polar surface area (TPSA) is 114 Å². The van der Waals surface area contributed by atoms with Gasteiger partial charge in [0.25, 0.3) is 15.9 Å². The Kier molecular flexibility index (Phi) is 5.65. The maximum absolute atomic E-state index is 12.7. The van der Waals surface area contributed by atoms with Gasteiger partial charge in [-0.2, -0.15) is 0 Å². The molecule has 0 saturated carbocycles. The summed E-state index contributed by atoms with van der Waals surface area (Å²) in [6.07, 6.45) is 1.39. The lowest BCUT2D eigenvalue weighted by Gasteiger charge is -2.12. The Hall–Kier alpha value is -4.11. The summed E-state index contributed by atoms with van der Waals surface area (Å²) in [5.74, 6) is -0.111. The number of carbonyl (C=O) groups is 2. The normalized spacial score (nSPS) is 12.5. The number of hydrogen-bond donors (Lipinski definition) is 3. The van der Waals surface area contributed by atoms with Crippen molar-refractivity contribution in [2.24, 2.45) is 0 Å². The van der Waals surface area contributed by atoms with Crippen LogP contribution in [0.5, 0.6) is 5.75 Å². The Morgan fingerprint density at radius 2 is 1.62 bits per heavy atom. The van der Waals surface area contributed by atoms with Gasteiger partial charge < -0.3 is 4.74 Å². The van der Waals surface area contributed by atoms with E-state index in [1.54, 1.807) is 48.5 Å². The molecule has 162 valence electrons. The molecule has 0 saturated heterocycles. The second kappa shape index (κ2) is 8.56. The third-order valence-electron chi connectivity index (χ3n) is 4.82. The highest BCUT2D eigenvalue weighted by molar-refractivity contribution is 7.92. The van der Waals surface area contributed by atoms with Crippen LogP contribution in [0.3, 0.4) is 0 Å². The number of rotatable bonds is 7. The van der Waals surface area contributed by atoms with Gasteiger partial charge in [-0.1, -0.05) is 30.3 Å². The summed E-state index contributed by atoms with van der Waals surface area (Å²) in [4.78, 5) is 24.5. The second-order valence-electron chi connectivity index (χ2n) is 6.91. The van der Waals surface area contributed by atoms with E-state index in [0.717, 1.165) is 0 Å². The number of allylic oxidation sites excluding steroid dienone is 1. The largest absolute Gasteiger partial charge is 0.497 e. The van der Waals surface area contributed by atoms with Crippen molar-refractivity contribution in [3.63, 3.8) is 0 Å². The molecule has 0 atom stereocenters. The fourth-order valence-corrected chi connectivity index (χ4v) is 4.30. The molecule has 32 heavy (non-hydrogen) atoms. The number of carbonyl (C=O) groups excluding carboxylic acids is 2. The number of amides is 1. The Bertz CT molecular complexity index is 1330. The number of benzene rings is 3. The zero-order chi connectivity index (χ0) is 22.7. The van der Waals surface area contributed by atoms with Gasteiger partial charge in [-0.25, -0.2) is 8.42 Å². The van der Waals surface area contributed by atoms with E-state index in [1.165, 1.54) is 37.5 Å². The van der Waals surface area contributed by atoms with Crippen LogP contribution in [0.2, 0.25) is 0 Å². The van der Waals surface area contributed by atoms with Crippen LogP contribution in [0.25, 0.3) is 5.70 Å². The lowest BCUT2D eigenvalue weighted by molar-refractivity contribution is 0.0941. The molecule has 1 aliphatic carbocycles. The number of fused-ring (bicyclic) bond motifs is 1. The molecular formula is C23H19N3O5S. The van der Waals surface area contributed by atoms with Crippen LogP contribution in [0.15, 0.2) is 83.8 Å². The maximum atomic E-state index is 12.7. The highest BCUT2D eigenvalue weighted by atomic mass is 32.2. The maximum Gasteiger partial charge on any atom is 0.269 e. The molecule has 9 heteroatoms. The van der Waals surface area contributed by atoms with E-state index in [0.29, 0.717) is 28.3 Å². The molecule has 0 heterocycles. The Morgan fingerprint density at radius 3 is 2.34 bits per heavy atom. The molecule has 3 aromatic carbocycles. The quantitative estimate of drug-likeness (QED) is 0.478. The minimum absolute atomic E-state index is 0.0680. The second-order valence-corrected chi connectivity index (χ2v) is 8.59. The molecule has 3 aromatic rings. The standard InChI is InChI=1S/C23H19N3O5S/c1-31-17-11-9-16(10-12-17)26-32(29,30)18-6-4-5-15(13-18)23(28)25-24-21-14-22(27)20-8-3-2-7-19(20)21/h2-14,24,26H,1H3,(H,25,28). The lowest BCUT2D eigenvalue weighted by Crippen LogP contribution is -2.36. The first kappa shape index (κ1) is 21.1. The van der Waals surface area contributed by atoms with Gasteiger partial charge in [0.15, 0.2) is 5.78 Å². The summed E-state index contributed by atoms with van der Waals surface area (Å²) >= 11 is 0. The Morgan fingerprint density at radius 1 is 0.906 bits per heavy atom. The van der Waals surface area contributed by atoms with Gasteiger partial charge in [0, 0.05) is 28.5 Å². The molecule has 1 aliphatic rings. The predicted octanol–water partition coefficient (Wildman–Crippen LogP) is 2.97. The number of anilines is 1. The number of ketones is 1. The average Bonchev–Trinajstić information content (AvgIpc) is 3.13. The van der Waals surface area contributed by atoms with Gasteiger partial charge in [0.05, 0.1) is 17.7 Å². The van der Waals surface area contributed by atoms with Gasteiger partial charge in [-0.15, -0.1) is 0 Å². The SMILES string of the molecule is COc1ccc(NS(=O)(=O)c2cccc(C(=O)NNC3=CC(=O)c4ccccc43)c2)cc1. The third-order valence-corrected chi connectivity index (χ3v) is 6.20. The van der Waals surface area contributed by atoms with E-state index in [2.05, 4.69) is 15.6 Å². The van der Waals surface area contributed by atoms with Crippen LogP contribution < -0.4 is 20.3 Å². The highest BCUT2D eigenvalue weighted by Crippen LogP contribution is 2.24. The van der Waals surface area contributed by atoms with Gasteiger partial charge in [-0.3, -0.25) is 25.2 Å². The summed E-state index contributed by atoms with van der Waals surface area (Å²) in [5.41, 5.74) is 7.42. The number of sulfonamides is 1. The summed E-state index contributed by atoms with van der Waals surface area (Å²) in [6, 6.07) is 19.1. The monoisotopic (exact) mass is 449 g/mol. The van der Waals surface area contributed by atoms with Crippen LogP contribution in [-0.4, -0.2) is 27.2 Å². The summed E-state index contributed by atoms with van der Waals surface area (Å²) in [6.45, 7) is 0. The third kappa shape index (κ3) is 4.33. The smallest absolute Gasteiger partial charge is 0.269 e. The minimum atomic E-state index is -3.91. The minimum Gasteiger partial charge on any atom is -0.497 e. The summed E-state index contributed by atoms with van der Waals surface area (Å²) in [5, 5.41) is 0. The van der Waals surface area contributed by atoms with E-state index in [-0.39, 0.29) is 16.2 Å². The molecule has 4 rings (SSSR count). The van der Waals surface area contributed by atoms with Gasteiger partial charge in [-0.05, 0) is 42.5 Å². The van der Waals surface area contributed by atoms with Crippen molar-refractivity contribution in [2.45, 2.75) is 4.90 Å². The molecule has 0 bridgehead atoms. The van der Waals surface area contributed by atoms with Gasteiger partial charge in [0.1, 0.15) is 5.75 Å². The van der Waals surface area contributed by atoms with E-state index in [4.69, 9.17) is 4.74 Å².